The van der Waals surface area contributed by atoms with Crippen molar-refractivity contribution in [1.82, 2.24) is 24.5 Å². The molecule has 0 fully saturated rings. The Morgan fingerprint density at radius 1 is 0.950 bits per heavy atom. The number of pyridine rings is 1. The fourth-order valence-electron chi connectivity index (χ4n) is 4.77. The maximum atomic E-state index is 14.2. The first-order chi connectivity index (χ1) is 19.5. The summed E-state index contributed by atoms with van der Waals surface area (Å²) in [7, 11) is 0. The number of anilines is 1. The molecule has 1 unspecified atom stereocenters. The van der Waals surface area contributed by atoms with Crippen molar-refractivity contribution in [3.8, 4) is 17.5 Å². The smallest absolute Gasteiger partial charge is 0.264 e. The van der Waals surface area contributed by atoms with Gasteiger partial charge in [-0.2, -0.15) is 0 Å². The second-order valence-corrected chi connectivity index (χ2v) is 9.27. The van der Waals surface area contributed by atoms with Crippen LogP contribution in [0.1, 0.15) is 40.1 Å². The fourth-order valence-corrected chi connectivity index (χ4v) is 4.77. The van der Waals surface area contributed by atoms with E-state index < -0.39 is 11.9 Å². The lowest BCUT2D eigenvalue weighted by Crippen LogP contribution is -2.32. The Morgan fingerprint density at radius 3 is 2.48 bits per heavy atom. The predicted molar refractivity (Wildman–Crippen MR) is 155 cm³/mol. The number of amides is 1. The number of nitrogens with zero attached hydrogens (tertiary/aromatic N) is 4. The van der Waals surface area contributed by atoms with Gasteiger partial charge in [0, 0.05) is 34.9 Å². The van der Waals surface area contributed by atoms with Gasteiger partial charge in [-0.25, -0.2) is 9.50 Å². The van der Waals surface area contributed by atoms with Gasteiger partial charge in [0.25, 0.3) is 11.5 Å². The number of nitrogen functional groups attached to an aromatic ring is 1. The monoisotopic (exact) mass is 524 g/mol. The number of para-hydroxylation sites is 1. The number of nitrogens with one attached hydrogen (secondary N) is 1. The summed E-state index contributed by atoms with van der Waals surface area (Å²) in [6.07, 6.45) is 3.25. The molecule has 6 aromatic rings. The quantitative estimate of drug-likeness (QED) is 0.330. The van der Waals surface area contributed by atoms with Gasteiger partial charge in [-0.3, -0.25) is 14.2 Å². The summed E-state index contributed by atoms with van der Waals surface area (Å²) in [6, 6.07) is 27.6. The Kier molecular flexibility index (Phi) is 6.30. The zero-order chi connectivity index (χ0) is 27.6. The molecule has 0 bridgehead atoms. The zero-order valence-corrected chi connectivity index (χ0v) is 21.6. The van der Waals surface area contributed by atoms with Crippen LogP contribution in [0.15, 0.2) is 108 Å². The van der Waals surface area contributed by atoms with Crippen LogP contribution >= 0.6 is 0 Å². The molecule has 194 valence electrons. The van der Waals surface area contributed by atoms with Crippen LogP contribution in [0.3, 0.4) is 0 Å². The Bertz CT molecular complexity index is 2000. The van der Waals surface area contributed by atoms with Crippen molar-refractivity contribution in [3.63, 3.8) is 0 Å². The van der Waals surface area contributed by atoms with E-state index in [1.807, 2.05) is 91.9 Å². The highest BCUT2D eigenvalue weighted by atomic mass is 16.2. The summed E-state index contributed by atoms with van der Waals surface area (Å²) in [5.41, 5.74) is 9.15. The molecule has 1 amide bonds. The summed E-state index contributed by atoms with van der Waals surface area (Å²) >= 11 is 0. The minimum Gasteiger partial charge on any atom is -0.381 e. The first-order valence-electron chi connectivity index (χ1n) is 12.7. The second-order valence-electron chi connectivity index (χ2n) is 9.27. The van der Waals surface area contributed by atoms with Crippen LogP contribution in [0.2, 0.25) is 0 Å². The van der Waals surface area contributed by atoms with Gasteiger partial charge in [-0.15, -0.1) is 5.10 Å². The van der Waals surface area contributed by atoms with Gasteiger partial charge < -0.3 is 11.1 Å². The van der Waals surface area contributed by atoms with E-state index in [0.717, 1.165) is 10.9 Å². The first kappa shape index (κ1) is 24.6. The minimum atomic E-state index is -0.568. The van der Waals surface area contributed by atoms with Crippen molar-refractivity contribution in [1.29, 1.82) is 0 Å². The number of rotatable bonds is 4. The molecule has 3 N–H and O–H groups in total. The molecule has 3 aromatic heterocycles. The lowest BCUT2D eigenvalue weighted by Gasteiger charge is -2.21. The average molecular weight is 525 g/mol. The highest BCUT2D eigenvalue weighted by molar-refractivity contribution is 6.04. The molecular formula is C32H24N6O2. The summed E-state index contributed by atoms with van der Waals surface area (Å²) in [5.74, 6) is 5.98. The van der Waals surface area contributed by atoms with E-state index in [2.05, 4.69) is 27.2 Å². The average Bonchev–Trinajstić information content (AvgIpc) is 3.32. The van der Waals surface area contributed by atoms with Crippen LogP contribution in [-0.4, -0.2) is 25.1 Å². The lowest BCUT2D eigenvalue weighted by atomic mass is 10.0. The number of hydrogen-bond donors (Lipinski definition) is 2. The zero-order valence-electron chi connectivity index (χ0n) is 21.6. The van der Waals surface area contributed by atoms with Crippen molar-refractivity contribution in [2.24, 2.45) is 0 Å². The van der Waals surface area contributed by atoms with E-state index in [9.17, 15) is 9.59 Å². The molecule has 0 aliphatic rings. The third-order valence-electron chi connectivity index (χ3n) is 6.65. The van der Waals surface area contributed by atoms with E-state index in [4.69, 9.17) is 5.73 Å². The molecule has 0 aliphatic heterocycles. The van der Waals surface area contributed by atoms with Gasteiger partial charge in [-0.1, -0.05) is 60.4 Å². The van der Waals surface area contributed by atoms with Crippen molar-refractivity contribution < 1.29 is 4.79 Å². The molecule has 0 radical (unpaired) electrons. The molecule has 0 saturated heterocycles. The summed E-state index contributed by atoms with van der Waals surface area (Å²) in [4.78, 5) is 31.8. The van der Waals surface area contributed by atoms with Gasteiger partial charge in [0.1, 0.15) is 5.56 Å². The van der Waals surface area contributed by atoms with Gasteiger partial charge in [0.2, 0.25) is 0 Å². The fraction of sp³-hybridized carbons (Fsp3) is 0.0625. The predicted octanol–water partition coefficient (Wildman–Crippen LogP) is 4.51. The lowest BCUT2D eigenvalue weighted by molar-refractivity contribution is 0.0941. The Balaban J connectivity index is 1.48. The van der Waals surface area contributed by atoms with Crippen LogP contribution in [0.4, 0.5) is 5.82 Å². The Hall–Kier alpha value is -5.68. The van der Waals surface area contributed by atoms with Gasteiger partial charge in [-0.05, 0) is 54.8 Å². The van der Waals surface area contributed by atoms with E-state index in [1.165, 1.54) is 4.52 Å². The largest absolute Gasteiger partial charge is 0.381 e. The molecule has 3 aromatic carbocycles. The van der Waals surface area contributed by atoms with Crippen LogP contribution in [0.5, 0.6) is 0 Å². The standard InChI is InChI=1S/C32H24N6O2/c1-21(35-31(39)28-29(33)36-37-19-9-18-34-30(28)37)26-20-24-13-8-12-23(17-16-22-10-4-2-5-11-22)27(24)32(40)38(26)25-14-6-3-7-15-25/h2-15,18-21H,1H3,(H2,33,36)(H,35,39). The maximum absolute atomic E-state index is 14.2. The molecule has 0 saturated carbocycles. The highest BCUT2D eigenvalue weighted by Gasteiger charge is 2.23. The minimum absolute atomic E-state index is 0.0731. The van der Waals surface area contributed by atoms with Crippen molar-refractivity contribution in [3.05, 3.63) is 136 Å². The van der Waals surface area contributed by atoms with E-state index in [-0.39, 0.29) is 16.9 Å². The van der Waals surface area contributed by atoms with E-state index in [1.54, 1.807) is 23.0 Å². The van der Waals surface area contributed by atoms with E-state index >= 15 is 0 Å². The molecule has 3 heterocycles. The first-order valence-corrected chi connectivity index (χ1v) is 12.7. The van der Waals surface area contributed by atoms with Gasteiger partial charge in [0.15, 0.2) is 11.5 Å². The molecule has 1 atom stereocenters. The highest BCUT2D eigenvalue weighted by Crippen LogP contribution is 2.24. The molecule has 40 heavy (non-hydrogen) atoms. The van der Waals surface area contributed by atoms with Gasteiger partial charge >= 0.3 is 0 Å². The summed E-state index contributed by atoms with van der Waals surface area (Å²) in [6.45, 7) is 1.83. The number of fused-ring (bicyclic) bond motifs is 2. The molecule has 6 rings (SSSR count). The number of carbonyl (C=O) groups excluding carboxylic acids is 1. The van der Waals surface area contributed by atoms with E-state index in [0.29, 0.717) is 28.0 Å². The van der Waals surface area contributed by atoms with Crippen LogP contribution in [0.25, 0.3) is 22.1 Å². The van der Waals surface area contributed by atoms with Crippen molar-refractivity contribution in [2.45, 2.75) is 13.0 Å². The molecule has 0 spiro atoms. The van der Waals surface area contributed by atoms with Crippen LogP contribution < -0.4 is 16.6 Å². The number of aromatic nitrogens is 4. The topological polar surface area (TPSA) is 107 Å². The summed E-state index contributed by atoms with van der Waals surface area (Å²) < 4.78 is 3.08. The van der Waals surface area contributed by atoms with Crippen LogP contribution in [-0.2, 0) is 0 Å². The molecule has 8 nitrogen and oxygen atoms in total. The maximum Gasteiger partial charge on any atom is 0.264 e. The molecule has 8 heteroatoms. The van der Waals surface area contributed by atoms with Crippen LogP contribution in [0, 0.1) is 11.8 Å². The van der Waals surface area contributed by atoms with Crippen molar-refractivity contribution >= 4 is 28.1 Å². The Labute approximate surface area is 229 Å². The third-order valence-corrected chi connectivity index (χ3v) is 6.65. The molecular weight excluding hydrogens is 500 g/mol. The number of benzene rings is 3. The summed E-state index contributed by atoms with van der Waals surface area (Å²) in [5, 5.41) is 8.42. The number of nitrogens with two attached hydrogens (primary N) is 1. The second kappa shape index (κ2) is 10.2. The third kappa shape index (κ3) is 4.46. The number of hydrogen-bond acceptors (Lipinski definition) is 5. The normalized spacial score (nSPS) is 11.6. The van der Waals surface area contributed by atoms with Gasteiger partial charge in [0.05, 0.1) is 11.4 Å². The molecule has 0 aliphatic carbocycles. The Morgan fingerprint density at radius 2 is 1.70 bits per heavy atom. The SMILES string of the molecule is CC(NC(=O)c1c(N)nn2cccnc12)c1cc2cccc(C#Cc3ccccc3)c2c(=O)n1-c1ccccc1. The van der Waals surface area contributed by atoms with Crippen molar-refractivity contribution in [2.75, 3.05) is 5.73 Å². The number of carbonyl (C=O) groups is 1.